The standard InChI is InChI=1S/3CH4.CH3.H2O.Y/h3*1H4;1H3;1H2;/q;;;-1;;. The quantitative estimate of drug-likeness (QED) is 0.494. The third kappa shape index (κ3) is 73.9. The van der Waals surface area contributed by atoms with Crippen LogP contribution in [0.25, 0.3) is 0 Å². The maximum absolute atomic E-state index is 0. The Balaban J connectivity index is 0. The summed E-state index contributed by atoms with van der Waals surface area (Å²) < 4.78 is 0. The van der Waals surface area contributed by atoms with Crippen molar-refractivity contribution in [2.45, 2.75) is 22.3 Å². The van der Waals surface area contributed by atoms with E-state index in [1.54, 1.807) is 0 Å². The van der Waals surface area contributed by atoms with Crippen molar-refractivity contribution in [3.63, 3.8) is 0 Å². The van der Waals surface area contributed by atoms with E-state index in [4.69, 9.17) is 0 Å². The van der Waals surface area contributed by atoms with Crippen molar-refractivity contribution >= 4 is 0 Å². The summed E-state index contributed by atoms with van der Waals surface area (Å²) in [5.41, 5.74) is 0. The molecule has 0 rings (SSSR count). The second-order valence-electron chi connectivity index (χ2n) is 0. The van der Waals surface area contributed by atoms with Gasteiger partial charge in [-0.2, -0.15) is 0 Å². The molecule has 0 saturated heterocycles. The fraction of sp³-hybridized carbons (Fsp3) is 0.750. The Hall–Kier alpha value is 1.06. The minimum Gasteiger partial charge on any atom is -0.412 e. The van der Waals surface area contributed by atoms with Gasteiger partial charge in [0.2, 0.25) is 0 Å². The zero-order chi connectivity index (χ0) is 0. The summed E-state index contributed by atoms with van der Waals surface area (Å²) in [5, 5.41) is 0. The molecule has 0 saturated carbocycles. The van der Waals surface area contributed by atoms with Gasteiger partial charge in [0.25, 0.3) is 0 Å². The molecule has 0 bridgehead atoms. The molecule has 0 aromatic heterocycles. The molecule has 0 aliphatic heterocycles. The molecule has 0 fully saturated rings. The molecule has 0 spiro atoms. The van der Waals surface area contributed by atoms with Gasteiger partial charge in [-0.1, -0.05) is 22.3 Å². The first-order chi connectivity index (χ1) is 0. The van der Waals surface area contributed by atoms with Crippen LogP contribution in [0.2, 0.25) is 0 Å². The van der Waals surface area contributed by atoms with Crippen molar-refractivity contribution < 1.29 is 38.2 Å². The molecule has 0 unspecified atom stereocenters. The molecule has 0 aromatic carbocycles. The fourth-order valence-corrected chi connectivity index (χ4v) is 0. The number of hydrogen-bond donors (Lipinski definition) is 0. The van der Waals surface area contributed by atoms with Crippen molar-refractivity contribution in [2.75, 3.05) is 0 Å². The summed E-state index contributed by atoms with van der Waals surface area (Å²) in [6.45, 7) is 0. The molecule has 6 heavy (non-hydrogen) atoms. The summed E-state index contributed by atoms with van der Waals surface area (Å²) in [6, 6.07) is 0. The van der Waals surface area contributed by atoms with Gasteiger partial charge >= 0.3 is 0 Å². The summed E-state index contributed by atoms with van der Waals surface area (Å²) >= 11 is 0. The molecule has 2 N–H and O–H groups in total. The monoisotopic (exact) mass is 170 g/mol. The van der Waals surface area contributed by atoms with E-state index in [-0.39, 0.29) is 67.9 Å². The van der Waals surface area contributed by atoms with Gasteiger partial charge in [-0.25, -0.2) is 0 Å². The Morgan fingerprint density at radius 3 is 0.667 bits per heavy atom. The zero-order valence-electron chi connectivity index (χ0n) is 2.08. The SMILES string of the molecule is C.C.C.O.[CH3-].[Y]. The van der Waals surface area contributed by atoms with Gasteiger partial charge in [0.05, 0.1) is 0 Å². The minimum absolute atomic E-state index is 0. The molecule has 0 aliphatic carbocycles. The van der Waals surface area contributed by atoms with Crippen molar-refractivity contribution in [3.8, 4) is 0 Å². The molecule has 0 amide bonds. The Kier molecular flexibility index (Phi) is 5250. The maximum Gasteiger partial charge on any atom is 0 e. The average Bonchev–Trinajstić information content (AvgIpc) is 0. The minimum atomic E-state index is 0. The van der Waals surface area contributed by atoms with Crippen molar-refractivity contribution in [1.82, 2.24) is 0 Å². The molecule has 0 atom stereocenters. The third-order valence-corrected chi connectivity index (χ3v) is 0. The Morgan fingerprint density at radius 1 is 0.667 bits per heavy atom. The molecular formula is C4H17OY-. The van der Waals surface area contributed by atoms with Crippen LogP contribution in [0.3, 0.4) is 0 Å². The van der Waals surface area contributed by atoms with Crippen LogP contribution in [0, 0.1) is 7.43 Å². The van der Waals surface area contributed by atoms with E-state index >= 15 is 0 Å². The summed E-state index contributed by atoms with van der Waals surface area (Å²) in [4.78, 5) is 0. The van der Waals surface area contributed by atoms with Gasteiger partial charge in [0.15, 0.2) is 0 Å². The van der Waals surface area contributed by atoms with Gasteiger partial charge in [-0.3, -0.25) is 0 Å². The van der Waals surface area contributed by atoms with Crippen LogP contribution in [0.1, 0.15) is 22.3 Å². The smallest absolute Gasteiger partial charge is 0 e. The first-order valence-corrected chi connectivity index (χ1v) is 0. The van der Waals surface area contributed by atoms with Crippen molar-refractivity contribution in [1.29, 1.82) is 0 Å². The first-order valence-electron chi connectivity index (χ1n) is 0. The van der Waals surface area contributed by atoms with E-state index < -0.39 is 0 Å². The summed E-state index contributed by atoms with van der Waals surface area (Å²) in [6.07, 6.45) is 0. The zero-order valence-corrected chi connectivity index (χ0v) is 4.92. The number of rotatable bonds is 0. The average molecular weight is 170 g/mol. The van der Waals surface area contributed by atoms with E-state index in [9.17, 15) is 0 Å². The van der Waals surface area contributed by atoms with Crippen LogP contribution in [0.4, 0.5) is 0 Å². The largest absolute Gasteiger partial charge is 0.412 e. The molecule has 0 aliphatic rings. The second kappa shape index (κ2) is 137. The summed E-state index contributed by atoms with van der Waals surface area (Å²) in [5.74, 6) is 0. The normalized spacial score (nSPS) is 0. The molecule has 0 aromatic rings. The number of hydrogen-bond acceptors (Lipinski definition) is 0. The second-order valence-corrected chi connectivity index (χ2v) is 0. The van der Waals surface area contributed by atoms with E-state index in [0.29, 0.717) is 0 Å². The summed E-state index contributed by atoms with van der Waals surface area (Å²) in [7, 11) is 0. The van der Waals surface area contributed by atoms with Crippen LogP contribution in [-0.2, 0) is 32.7 Å². The van der Waals surface area contributed by atoms with E-state index in [1.165, 1.54) is 0 Å². The van der Waals surface area contributed by atoms with Crippen LogP contribution < -0.4 is 0 Å². The van der Waals surface area contributed by atoms with Gasteiger partial charge in [-0.15, -0.1) is 0 Å². The van der Waals surface area contributed by atoms with Crippen molar-refractivity contribution in [2.24, 2.45) is 0 Å². The van der Waals surface area contributed by atoms with Crippen molar-refractivity contribution in [3.05, 3.63) is 7.43 Å². The molecule has 1 nitrogen and oxygen atoms in total. The van der Waals surface area contributed by atoms with Crippen LogP contribution >= 0.6 is 0 Å². The molecule has 43 valence electrons. The Labute approximate surface area is 67.7 Å². The predicted molar refractivity (Wildman–Crippen MR) is 30.2 cm³/mol. The Morgan fingerprint density at radius 2 is 0.667 bits per heavy atom. The van der Waals surface area contributed by atoms with Gasteiger partial charge in [-0.05, 0) is 0 Å². The first kappa shape index (κ1) is 229. The van der Waals surface area contributed by atoms with E-state index in [0.717, 1.165) is 0 Å². The van der Waals surface area contributed by atoms with Crippen LogP contribution in [0.5, 0.6) is 0 Å². The fourth-order valence-electron chi connectivity index (χ4n) is 0. The maximum atomic E-state index is 0. The van der Waals surface area contributed by atoms with Gasteiger partial charge in [0.1, 0.15) is 0 Å². The Bertz CT molecular complexity index is 7.51. The molecule has 1 radical (unpaired) electrons. The predicted octanol–water partition coefficient (Wildman–Crippen LogP) is 1.53. The van der Waals surface area contributed by atoms with Crippen LogP contribution in [-0.4, -0.2) is 5.48 Å². The van der Waals surface area contributed by atoms with Gasteiger partial charge in [0, 0.05) is 32.7 Å². The van der Waals surface area contributed by atoms with Gasteiger partial charge < -0.3 is 12.9 Å². The molecular weight excluding hydrogens is 153 g/mol. The molecule has 2 heteroatoms. The molecule has 0 heterocycles. The third-order valence-electron chi connectivity index (χ3n) is 0. The van der Waals surface area contributed by atoms with E-state index in [2.05, 4.69) is 0 Å². The topological polar surface area (TPSA) is 31.5 Å². The van der Waals surface area contributed by atoms with Crippen LogP contribution in [0.15, 0.2) is 0 Å². The van der Waals surface area contributed by atoms with E-state index in [1.807, 2.05) is 0 Å².